The molecule has 0 rings (SSSR count). The number of hydrogen-bond donors (Lipinski definition) is 1. The van der Waals surface area contributed by atoms with Gasteiger partial charge in [-0.25, -0.2) is 0 Å². The van der Waals surface area contributed by atoms with Crippen LogP contribution >= 0.6 is 0 Å². The molecular formula is C16H30O4. The maximum Gasteiger partial charge on any atom is 0.312 e. The highest BCUT2D eigenvalue weighted by Gasteiger charge is 2.39. The van der Waals surface area contributed by atoms with Crippen LogP contribution in [-0.2, 0) is 14.3 Å². The van der Waals surface area contributed by atoms with Gasteiger partial charge in [0.2, 0.25) is 0 Å². The molecule has 0 amide bonds. The lowest BCUT2D eigenvalue weighted by molar-refractivity contribution is -0.159. The van der Waals surface area contributed by atoms with Crippen LogP contribution in [0.15, 0.2) is 0 Å². The van der Waals surface area contributed by atoms with Gasteiger partial charge in [-0.3, -0.25) is 9.59 Å². The van der Waals surface area contributed by atoms with Crippen molar-refractivity contribution in [2.24, 2.45) is 5.41 Å². The first-order valence-electron chi connectivity index (χ1n) is 7.82. The highest BCUT2D eigenvalue weighted by Crippen LogP contribution is 2.34. The number of hydrogen-bond acceptors (Lipinski definition) is 3. The minimum Gasteiger partial charge on any atom is -0.481 e. The van der Waals surface area contributed by atoms with Crippen LogP contribution in [0.3, 0.4) is 0 Å². The molecule has 0 fully saturated rings. The number of carboxylic acid groups (broad SMARTS) is 1. The van der Waals surface area contributed by atoms with Gasteiger partial charge >= 0.3 is 11.9 Å². The van der Waals surface area contributed by atoms with Gasteiger partial charge in [0.15, 0.2) is 0 Å². The van der Waals surface area contributed by atoms with E-state index in [0.717, 1.165) is 19.3 Å². The Morgan fingerprint density at radius 1 is 1.00 bits per heavy atom. The fourth-order valence-corrected chi connectivity index (χ4v) is 2.64. The first-order chi connectivity index (χ1) is 9.52. The van der Waals surface area contributed by atoms with E-state index in [1.54, 1.807) is 0 Å². The molecule has 20 heavy (non-hydrogen) atoms. The van der Waals surface area contributed by atoms with E-state index in [4.69, 9.17) is 9.84 Å². The molecule has 1 unspecified atom stereocenters. The maximum absolute atomic E-state index is 11.9. The van der Waals surface area contributed by atoms with Gasteiger partial charge in [-0.15, -0.1) is 0 Å². The summed E-state index contributed by atoms with van der Waals surface area (Å²) in [6.07, 6.45) is 9.11. The monoisotopic (exact) mass is 286 g/mol. The number of carboxylic acids is 1. The zero-order valence-electron chi connectivity index (χ0n) is 13.2. The third-order valence-corrected chi connectivity index (χ3v) is 4.04. The third kappa shape index (κ3) is 6.92. The Morgan fingerprint density at radius 3 is 2.00 bits per heavy atom. The molecule has 0 saturated heterocycles. The maximum atomic E-state index is 11.9. The summed E-state index contributed by atoms with van der Waals surface area (Å²) in [5, 5.41) is 9.02. The Morgan fingerprint density at radius 2 is 1.55 bits per heavy atom. The quantitative estimate of drug-likeness (QED) is 0.432. The zero-order chi connectivity index (χ0) is 15.4. The SMILES string of the molecule is CCCCCCCCCC(CC)(CC(=O)O)C(=O)OC. The van der Waals surface area contributed by atoms with E-state index in [9.17, 15) is 9.59 Å². The summed E-state index contributed by atoms with van der Waals surface area (Å²) in [7, 11) is 1.33. The lowest BCUT2D eigenvalue weighted by Crippen LogP contribution is -2.34. The summed E-state index contributed by atoms with van der Waals surface area (Å²) in [4.78, 5) is 22.9. The van der Waals surface area contributed by atoms with Gasteiger partial charge in [-0.05, 0) is 12.8 Å². The van der Waals surface area contributed by atoms with Crippen LogP contribution in [-0.4, -0.2) is 24.2 Å². The Bertz CT molecular complexity index is 288. The van der Waals surface area contributed by atoms with Gasteiger partial charge in [-0.2, -0.15) is 0 Å². The molecule has 0 aliphatic heterocycles. The first-order valence-corrected chi connectivity index (χ1v) is 7.82. The molecule has 0 spiro atoms. The van der Waals surface area contributed by atoms with Crippen molar-refractivity contribution < 1.29 is 19.4 Å². The molecule has 0 aromatic carbocycles. The average molecular weight is 286 g/mol. The van der Waals surface area contributed by atoms with Crippen LogP contribution in [0.5, 0.6) is 0 Å². The summed E-state index contributed by atoms with van der Waals surface area (Å²) in [5.41, 5.74) is -0.843. The molecule has 0 aliphatic rings. The number of methoxy groups -OCH3 is 1. The van der Waals surface area contributed by atoms with Crippen LogP contribution in [0.1, 0.15) is 78.1 Å². The van der Waals surface area contributed by atoms with Gasteiger partial charge in [-0.1, -0.05) is 58.8 Å². The summed E-state index contributed by atoms with van der Waals surface area (Å²) in [6.45, 7) is 4.05. The standard InChI is InChI=1S/C16H30O4/c1-4-6-7-8-9-10-11-12-16(5-2,13-14(17)18)15(19)20-3/h4-13H2,1-3H3,(H,17,18). The number of aliphatic carboxylic acids is 1. The third-order valence-electron chi connectivity index (χ3n) is 4.04. The molecule has 1 N–H and O–H groups in total. The van der Waals surface area contributed by atoms with Crippen molar-refractivity contribution in [3.8, 4) is 0 Å². The highest BCUT2D eigenvalue weighted by molar-refractivity contribution is 5.82. The average Bonchev–Trinajstić information content (AvgIpc) is 2.43. The molecule has 4 heteroatoms. The number of carbonyl (C=O) groups excluding carboxylic acids is 1. The topological polar surface area (TPSA) is 63.6 Å². The summed E-state index contributed by atoms with van der Waals surface area (Å²) in [6, 6.07) is 0. The molecule has 4 nitrogen and oxygen atoms in total. The van der Waals surface area contributed by atoms with E-state index < -0.39 is 11.4 Å². The molecule has 0 aromatic heterocycles. The van der Waals surface area contributed by atoms with E-state index in [2.05, 4.69) is 6.92 Å². The van der Waals surface area contributed by atoms with E-state index in [0.29, 0.717) is 12.8 Å². The Hall–Kier alpha value is -1.06. The number of ether oxygens (including phenoxy) is 1. The Labute approximate surface area is 122 Å². The van der Waals surface area contributed by atoms with E-state index >= 15 is 0 Å². The predicted molar refractivity (Wildman–Crippen MR) is 79.6 cm³/mol. The van der Waals surface area contributed by atoms with Gasteiger partial charge < -0.3 is 9.84 Å². The summed E-state index contributed by atoms with van der Waals surface area (Å²) < 4.78 is 4.82. The highest BCUT2D eigenvalue weighted by atomic mass is 16.5. The summed E-state index contributed by atoms with van der Waals surface area (Å²) in [5.74, 6) is -1.31. The Kier molecular flexibility index (Phi) is 10.1. The van der Waals surface area contributed by atoms with Crippen molar-refractivity contribution in [1.82, 2.24) is 0 Å². The van der Waals surface area contributed by atoms with E-state index in [1.165, 1.54) is 32.8 Å². The second-order valence-corrected chi connectivity index (χ2v) is 5.57. The fourth-order valence-electron chi connectivity index (χ4n) is 2.64. The summed E-state index contributed by atoms with van der Waals surface area (Å²) >= 11 is 0. The largest absolute Gasteiger partial charge is 0.481 e. The fraction of sp³-hybridized carbons (Fsp3) is 0.875. The number of esters is 1. The minimum atomic E-state index is -0.930. The first kappa shape index (κ1) is 18.9. The molecular weight excluding hydrogens is 256 g/mol. The van der Waals surface area contributed by atoms with Gasteiger partial charge in [0.05, 0.1) is 18.9 Å². The molecule has 0 radical (unpaired) electrons. The van der Waals surface area contributed by atoms with Crippen molar-refractivity contribution in [3.63, 3.8) is 0 Å². The second-order valence-electron chi connectivity index (χ2n) is 5.57. The normalized spacial score (nSPS) is 13.8. The van der Waals surface area contributed by atoms with Gasteiger partial charge in [0, 0.05) is 0 Å². The van der Waals surface area contributed by atoms with Crippen LogP contribution in [0.25, 0.3) is 0 Å². The van der Waals surface area contributed by atoms with Crippen molar-refractivity contribution in [2.45, 2.75) is 78.1 Å². The van der Waals surface area contributed by atoms with Crippen LogP contribution < -0.4 is 0 Å². The number of carbonyl (C=O) groups is 2. The lowest BCUT2D eigenvalue weighted by atomic mass is 9.77. The van der Waals surface area contributed by atoms with Crippen LogP contribution in [0.4, 0.5) is 0 Å². The van der Waals surface area contributed by atoms with Gasteiger partial charge in [0.1, 0.15) is 0 Å². The molecule has 0 heterocycles. The smallest absolute Gasteiger partial charge is 0.312 e. The van der Waals surface area contributed by atoms with Crippen molar-refractivity contribution >= 4 is 11.9 Å². The molecule has 1 atom stereocenters. The number of unbranched alkanes of at least 4 members (excludes halogenated alkanes) is 6. The lowest BCUT2D eigenvalue weighted by Gasteiger charge is -2.28. The van der Waals surface area contributed by atoms with Crippen molar-refractivity contribution in [3.05, 3.63) is 0 Å². The van der Waals surface area contributed by atoms with Crippen LogP contribution in [0, 0.1) is 5.41 Å². The molecule has 118 valence electrons. The molecule has 0 aliphatic carbocycles. The van der Waals surface area contributed by atoms with E-state index in [-0.39, 0.29) is 12.4 Å². The molecule has 0 bridgehead atoms. The second kappa shape index (κ2) is 10.7. The van der Waals surface area contributed by atoms with Gasteiger partial charge in [0.25, 0.3) is 0 Å². The van der Waals surface area contributed by atoms with Crippen molar-refractivity contribution in [1.29, 1.82) is 0 Å². The molecule has 0 saturated carbocycles. The number of rotatable bonds is 12. The zero-order valence-corrected chi connectivity index (χ0v) is 13.2. The minimum absolute atomic E-state index is 0.133. The van der Waals surface area contributed by atoms with E-state index in [1.807, 2.05) is 6.92 Å². The molecule has 0 aromatic rings. The van der Waals surface area contributed by atoms with Crippen molar-refractivity contribution in [2.75, 3.05) is 7.11 Å². The predicted octanol–water partition coefficient (Wildman–Crippen LogP) is 4.17. The van der Waals surface area contributed by atoms with Crippen LogP contribution in [0.2, 0.25) is 0 Å². The Balaban J connectivity index is 4.22.